The number of hydrogen-bond acceptors (Lipinski definition) is 8. The zero-order valence-electron chi connectivity index (χ0n) is 29.5. The van der Waals surface area contributed by atoms with Gasteiger partial charge in [-0.1, -0.05) is 32.0 Å². The third-order valence-electron chi connectivity index (χ3n) is 9.25. The van der Waals surface area contributed by atoms with Gasteiger partial charge in [0, 0.05) is 23.5 Å². The number of rotatable bonds is 13. The summed E-state index contributed by atoms with van der Waals surface area (Å²) in [6.45, 7) is 6.76. The Bertz CT molecular complexity index is 2140. The van der Waals surface area contributed by atoms with Crippen molar-refractivity contribution < 1.29 is 33.8 Å². The van der Waals surface area contributed by atoms with Crippen LogP contribution < -0.4 is 15.4 Å². The quantitative estimate of drug-likeness (QED) is 0.110. The Morgan fingerprint density at radius 3 is 2.54 bits per heavy atom. The number of ether oxygens (including phenoxy) is 2. The number of carbonyl (C=O) groups excluding carboxylic acids is 3. The molecule has 4 amide bonds. The Kier molecular flexibility index (Phi) is 10.6. The summed E-state index contributed by atoms with van der Waals surface area (Å²) in [5.41, 5.74) is 6.38. The van der Waals surface area contributed by atoms with Gasteiger partial charge in [-0.2, -0.15) is 0 Å². The molecular formula is C37H42N8O7. The van der Waals surface area contributed by atoms with E-state index >= 15 is 0 Å². The van der Waals surface area contributed by atoms with Crippen LogP contribution in [0.3, 0.4) is 0 Å². The predicted molar refractivity (Wildman–Crippen MR) is 193 cm³/mol. The van der Waals surface area contributed by atoms with E-state index in [1.165, 1.54) is 7.11 Å². The number of nitrogens with one attached hydrogen (secondary N) is 4. The van der Waals surface area contributed by atoms with Crippen molar-refractivity contribution in [1.82, 2.24) is 40.4 Å². The molecule has 15 heteroatoms. The van der Waals surface area contributed by atoms with Crippen LogP contribution in [0.15, 0.2) is 48.7 Å². The number of alkyl carbamates (subject to hydrolysis) is 1. The first kappa shape index (κ1) is 35.7. The van der Waals surface area contributed by atoms with Crippen LogP contribution >= 0.6 is 0 Å². The van der Waals surface area contributed by atoms with Crippen molar-refractivity contribution in [3.8, 4) is 28.1 Å². The number of hydrogen-bond donors (Lipinski definition) is 5. The van der Waals surface area contributed by atoms with Gasteiger partial charge >= 0.3 is 12.2 Å². The summed E-state index contributed by atoms with van der Waals surface area (Å²) >= 11 is 0. The predicted octanol–water partition coefficient (Wildman–Crippen LogP) is 5.15. The van der Waals surface area contributed by atoms with E-state index in [1.54, 1.807) is 16.0 Å². The first-order chi connectivity index (χ1) is 25.1. The van der Waals surface area contributed by atoms with Gasteiger partial charge in [-0.25, -0.2) is 19.6 Å². The van der Waals surface area contributed by atoms with Gasteiger partial charge in [-0.05, 0) is 66.1 Å². The number of methoxy groups -OCH3 is 1. The number of amides is 4. The minimum Gasteiger partial charge on any atom is -0.488 e. The van der Waals surface area contributed by atoms with Crippen LogP contribution in [-0.4, -0.2) is 91.6 Å². The minimum atomic E-state index is -1.25. The number of carboxylic acid groups (broad SMARTS) is 1. The summed E-state index contributed by atoms with van der Waals surface area (Å²) in [5.74, 6) is 1.42. The monoisotopic (exact) mass is 710 g/mol. The molecule has 0 bridgehead atoms. The number of H-pyrrole nitrogens is 2. The fraction of sp³-hybridized carbons (Fsp3) is 0.351. The van der Waals surface area contributed by atoms with Crippen molar-refractivity contribution in [3.05, 3.63) is 65.9 Å². The molecule has 0 spiro atoms. The molecule has 0 aliphatic carbocycles. The van der Waals surface area contributed by atoms with Crippen LogP contribution in [0.25, 0.3) is 44.2 Å². The lowest BCUT2D eigenvalue weighted by molar-refractivity contribution is -0.133. The Morgan fingerprint density at radius 1 is 0.981 bits per heavy atom. The molecule has 0 saturated carbocycles. The Balaban J connectivity index is 1.22. The minimum absolute atomic E-state index is 0.0644. The lowest BCUT2D eigenvalue weighted by atomic mass is 9.92. The summed E-state index contributed by atoms with van der Waals surface area (Å²) in [7, 11) is 1.25. The van der Waals surface area contributed by atoms with E-state index in [0.717, 1.165) is 68.3 Å². The van der Waals surface area contributed by atoms with Crippen molar-refractivity contribution in [3.63, 3.8) is 0 Å². The van der Waals surface area contributed by atoms with Gasteiger partial charge in [0.05, 0.1) is 43.1 Å². The van der Waals surface area contributed by atoms with Crippen LogP contribution in [0.5, 0.6) is 5.75 Å². The maximum Gasteiger partial charge on any atom is 0.407 e. The topological polar surface area (TPSA) is 195 Å². The highest BCUT2D eigenvalue weighted by Crippen LogP contribution is 2.42. The SMILES string of the molecule is CCCN(Cc1nc2ccc3cc4c(cc3c2[nH]1)OCc1cc(-c2cnc(CN(C(=O)CNC(=O)OC)[C@@H](C)CC)[nH]2)ccc1-4)C(=O)CNC(=O)O. The van der Waals surface area contributed by atoms with Crippen LogP contribution in [0.4, 0.5) is 9.59 Å². The Labute approximate surface area is 299 Å². The molecule has 0 radical (unpaired) electrons. The average Bonchev–Trinajstić information content (AvgIpc) is 3.80. The molecule has 3 heterocycles. The molecular weight excluding hydrogens is 668 g/mol. The average molecular weight is 711 g/mol. The number of nitrogens with zero attached hydrogens (tertiary/aromatic N) is 4. The van der Waals surface area contributed by atoms with Crippen LogP contribution in [-0.2, 0) is 34.0 Å². The first-order valence-corrected chi connectivity index (χ1v) is 17.2. The summed E-state index contributed by atoms with van der Waals surface area (Å²) in [4.78, 5) is 67.3. The van der Waals surface area contributed by atoms with Crippen LogP contribution in [0, 0.1) is 0 Å². The number of carbonyl (C=O) groups is 4. The second kappa shape index (κ2) is 15.4. The number of fused-ring (bicyclic) bond motifs is 6. The number of aromatic nitrogens is 4. The second-order valence-electron chi connectivity index (χ2n) is 12.7. The summed E-state index contributed by atoms with van der Waals surface area (Å²) in [5, 5.41) is 15.4. The van der Waals surface area contributed by atoms with E-state index in [2.05, 4.69) is 48.5 Å². The maximum atomic E-state index is 12.9. The summed E-state index contributed by atoms with van der Waals surface area (Å²) in [6, 6.07) is 14.2. The van der Waals surface area contributed by atoms with E-state index in [0.29, 0.717) is 24.8 Å². The fourth-order valence-electron chi connectivity index (χ4n) is 6.38. The van der Waals surface area contributed by atoms with Crippen molar-refractivity contribution in [1.29, 1.82) is 0 Å². The molecule has 6 rings (SSSR count). The first-order valence-electron chi connectivity index (χ1n) is 17.2. The van der Waals surface area contributed by atoms with Gasteiger partial charge in [0.25, 0.3) is 0 Å². The second-order valence-corrected chi connectivity index (χ2v) is 12.7. The molecule has 1 atom stereocenters. The van der Waals surface area contributed by atoms with Gasteiger partial charge < -0.3 is 45.0 Å². The Morgan fingerprint density at radius 2 is 1.79 bits per heavy atom. The van der Waals surface area contributed by atoms with Crippen molar-refractivity contribution in [2.45, 2.75) is 59.4 Å². The van der Waals surface area contributed by atoms with Gasteiger partial charge in [0.2, 0.25) is 11.8 Å². The highest BCUT2D eigenvalue weighted by atomic mass is 16.5. The number of aromatic amines is 2. The molecule has 272 valence electrons. The normalized spacial score (nSPS) is 12.4. The van der Waals surface area contributed by atoms with Crippen molar-refractivity contribution in [2.75, 3.05) is 26.7 Å². The van der Waals surface area contributed by atoms with Crippen LogP contribution in [0.1, 0.15) is 50.8 Å². The molecule has 52 heavy (non-hydrogen) atoms. The zero-order valence-corrected chi connectivity index (χ0v) is 29.5. The van der Waals surface area contributed by atoms with Gasteiger partial charge in [-0.15, -0.1) is 0 Å². The molecule has 0 saturated heterocycles. The van der Waals surface area contributed by atoms with Gasteiger partial charge in [0.1, 0.15) is 37.1 Å². The summed E-state index contributed by atoms with van der Waals surface area (Å²) in [6.07, 6.45) is 1.30. The Hall–Kier alpha value is -6.12. The highest BCUT2D eigenvalue weighted by Gasteiger charge is 2.24. The van der Waals surface area contributed by atoms with Crippen molar-refractivity contribution >= 4 is 45.8 Å². The fourth-order valence-corrected chi connectivity index (χ4v) is 6.38. The van der Waals surface area contributed by atoms with Gasteiger partial charge in [-0.3, -0.25) is 9.59 Å². The smallest absolute Gasteiger partial charge is 0.407 e. The molecule has 5 aromatic rings. The molecule has 1 aliphatic rings. The number of imidazole rings is 2. The van der Waals surface area contributed by atoms with Crippen LogP contribution in [0.2, 0.25) is 0 Å². The van der Waals surface area contributed by atoms with E-state index in [4.69, 9.17) is 14.8 Å². The van der Waals surface area contributed by atoms with E-state index < -0.39 is 12.2 Å². The standard InChI is InChI=1S/C37H42N8O7/c1-5-11-44(33(46)16-39-36(48)49)18-32-41-28-10-8-22-13-27-25-9-7-23(12-24(25)20-52-30(27)14-26(22)35(28)43-32)29-15-38-31(42-29)19-45(21(3)6-2)34(47)17-40-37(50)51-4/h7-10,12-15,21,39H,5-6,11,16-20H2,1-4H3,(H,38,42)(H,40,50)(H,41,43)(H,48,49)/t21-/m0/s1. The van der Waals surface area contributed by atoms with E-state index in [9.17, 15) is 19.2 Å². The third kappa shape index (κ3) is 7.62. The maximum absolute atomic E-state index is 12.9. The van der Waals surface area contributed by atoms with E-state index in [1.807, 2.05) is 45.0 Å². The highest BCUT2D eigenvalue weighted by molar-refractivity contribution is 6.07. The largest absolute Gasteiger partial charge is 0.488 e. The van der Waals surface area contributed by atoms with Gasteiger partial charge in [0.15, 0.2) is 0 Å². The summed E-state index contributed by atoms with van der Waals surface area (Å²) < 4.78 is 10.9. The molecule has 3 aromatic carbocycles. The third-order valence-corrected chi connectivity index (χ3v) is 9.25. The lowest BCUT2D eigenvalue weighted by Gasteiger charge is -2.28. The molecule has 15 nitrogen and oxygen atoms in total. The van der Waals surface area contributed by atoms with Crippen molar-refractivity contribution in [2.24, 2.45) is 0 Å². The molecule has 2 aromatic heterocycles. The number of benzene rings is 3. The molecule has 1 aliphatic heterocycles. The molecule has 0 fully saturated rings. The molecule has 0 unspecified atom stereocenters. The lowest BCUT2D eigenvalue weighted by Crippen LogP contribution is -2.44. The van der Waals surface area contributed by atoms with E-state index in [-0.39, 0.29) is 44.0 Å². The molecule has 5 N–H and O–H groups in total. The zero-order chi connectivity index (χ0) is 36.9.